The van der Waals surface area contributed by atoms with Gasteiger partial charge in [0.05, 0.1) is 11.5 Å². The first-order valence-corrected chi connectivity index (χ1v) is 7.00. The van der Waals surface area contributed by atoms with E-state index in [1.54, 1.807) is 18.1 Å². The minimum absolute atomic E-state index is 0.0739. The predicted octanol–water partition coefficient (Wildman–Crippen LogP) is 0.691. The van der Waals surface area contributed by atoms with Crippen molar-refractivity contribution in [1.29, 1.82) is 0 Å². The molecule has 6 heteroatoms. The zero-order chi connectivity index (χ0) is 15.0. The van der Waals surface area contributed by atoms with Crippen LogP contribution in [-0.2, 0) is 11.2 Å². The van der Waals surface area contributed by atoms with Gasteiger partial charge in [0, 0.05) is 44.9 Å². The topological polar surface area (TPSA) is 62.5 Å². The average Bonchev–Trinajstić information content (AvgIpc) is 2.43. The summed E-state index contributed by atoms with van der Waals surface area (Å²) in [5.74, 6) is 0.0739. The molecule has 2 N–H and O–H groups in total. The highest BCUT2D eigenvalue weighted by Crippen LogP contribution is 1.98. The molecule has 0 aliphatic heterocycles. The fourth-order valence-corrected chi connectivity index (χ4v) is 1.78. The fraction of sp³-hybridized carbons (Fsp3) is 0.500. The Balaban J connectivity index is 2.28. The lowest BCUT2D eigenvalue weighted by Gasteiger charge is -2.21. The van der Waals surface area contributed by atoms with Gasteiger partial charge in [-0.05, 0) is 19.2 Å². The van der Waals surface area contributed by atoms with Crippen molar-refractivity contribution in [1.82, 2.24) is 14.8 Å². The number of nitrogens with two attached hydrogens (primary N) is 1. The van der Waals surface area contributed by atoms with E-state index < -0.39 is 0 Å². The second-order valence-electron chi connectivity index (χ2n) is 4.84. The SMILES string of the molecule is CN(CCc1ccccn1)CC(=O)N(C)CCC(N)=S. The van der Waals surface area contributed by atoms with Crippen LogP contribution >= 0.6 is 12.2 Å². The molecule has 0 bridgehead atoms. The molecule has 0 fully saturated rings. The number of nitrogens with zero attached hydrogens (tertiary/aromatic N) is 3. The number of likely N-dealkylation sites (N-methyl/N-ethyl adjacent to an activating group) is 2. The van der Waals surface area contributed by atoms with Crippen LogP contribution in [0.2, 0.25) is 0 Å². The Kier molecular flexibility index (Phi) is 7.11. The van der Waals surface area contributed by atoms with Gasteiger partial charge in [-0.25, -0.2) is 0 Å². The molecule has 0 spiro atoms. The van der Waals surface area contributed by atoms with E-state index in [2.05, 4.69) is 4.98 Å². The Morgan fingerprint density at radius 1 is 1.35 bits per heavy atom. The van der Waals surface area contributed by atoms with Crippen molar-refractivity contribution in [3.8, 4) is 0 Å². The summed E-state index contributed by atoms with van der Waals surface area (Å²) in [6.07, 6.45) is 3.18. The zero-order valence-electron chi connectivity index (χ0n) is 12.1. The number of hydrogen-bond donors (Lipinski definition) is 1. The van der Waals surface area contributed by atoms with Crippen molar-refractivity contribution >= 4 is 23.1 Å². The van der Waals surface area contributed by atoms with Crippen molar-refractivity contribution in [2.75, 3.05) is 33.7 Å². The van der Waals surface area contributed by atoms with Gasteiger partial charge in [0.25, 0.3) is 0 Å². The summed E-state index contributed by atoms with van der Waals surface area (Å²) in [6.45, 7) is 1.76. The highest BCUT2D eigenvalue weighted by atomic mass is 32.1. The summed E-state index contributed by atoms with van der Waals surface area (Å²) in [5.41, 5.74) is 6.47. The number of pyridine rings is 1. The van der Waals surface area contributed by atoms with Crippen LogP contribution in [0.25, 0.3) is 0 Å². The van der Waals surface area contributed by atoms with E-state index in [9.17, 15) is 4.79 Å². The standard InChI is InChI=1S/C14H22N4OS/c1-17(9-6-12-5-3-4-8-16-12)11-14(19)18(2)10-7-13(15)20/h3-5,8H,6-7,9-11H2,1-2H3,(H2,15,20). The third kappa shape index (κ3) is 6.58. The second kappa shape index (κ2) is 8.60. The minimum atomic E-state index is 0.0739. The van der Waals surface area contributed by atoms with Crippen molar-refractivity contribution in [3.05, 3.63) is 30.1 Å². The first-order chi connectivity index (χ1) is 9.49. The third-order valence-corrected chi connectivity index (χ3v) is 3.20. The van der Waals surface area contributed by atoms with E-state index in [0.29, 0.717) is 24.5 Å². The van der Waals surface area contributed by atoms with E-state index >= 15 is 0 Å². The van der Waals surface area contributed by atoms with Gasteiger partial charge in [-0.1, -0.05) is 18.3 Å². The Bertz CT molecular complexity index is 438. The van der Waals surface area contributed by atoms with E-state index in [1.807, 2.05) is 30.1 Å². The lowest BCUT2D eigenvalue weighted by Crippen LogP contribution is -2.38. The van der Waals surface area contributed by atoms with E-state index in [4.69, 9.17) is 18.0 Å². The van der Waals surface area contributed by atoms with Gasteiger partial charge in [0.1, 0.15) is 0 Å². The van der Waals surface area contributed by atoms with Gasteiger partial charge in [-0.2, -0.15) is 0 Å². The number of carbonyl (C=O) groups excluding carboxylic acids is 1. The summed E-state index contributed by atoms with van der Waals surface area (Å²) < 4.78 is 0. The number of amides is 1. The molecule has 1 aromatic rings. The fourth-order valence-electron chi connectivity index (χ4n) is 1.68. The maximum absolute atomic E-state index is 12.0. The molecule has 0 atom stereocenters. The lowest BCUT2D eigenvalue weighted by molar-refractivity contribution is -0.130. The molecule has 5 nitrogen and oxygen atoms in total. The summed E-state index contributed by atoms with van der Waals surface area (Å²) in [4.78, 5) is 20.3. The molecular weight excluding hydrogens is 272 g/mol. The summed E-state index contributed by atoms with van der Waals surface area (Å²) in [7, 11) is 3.70. The number of aromatic nitrogens is 1. The van der Waals surface area contributed by atoms with Crippen molar-refractivity contribution < 1.29 is 4.79 Å². The van der Waals surface area contributed by atoms with E-state index in [-0.39, 0.29) is 5.91 Å². The molecule has 0 radical (unpaired) electrons. The number of carbonyl (C=O) groups is 1. The molecule has 1 rings (SSSR count). The lowest BCUT2D eigenvalue weighted by atomic mass is 10.2. The van der Waals surface area contributed by atoms with Crippen molar-refractivity contribution in [2.45, 2.75) is 12.8 Å². The van der Waals surface area contributed by atoms with Crippen LogP contribution in [0.4, 0.5) is 0 Å². The van der Waals surface area contributed by atoms with Crippen LogP contribution in [0, 0.1) is 0 Å². The van der Waals surface area contributed by atoms with Gasteiger partial charge in [0.15, 0.2) is 0 Å². The predicted molar refractivity (Wildman–Crippen MR) is 84.5 cm³/mol. The second-order valence-corrected chi connectivity index (χ2v) is 5.36. The van der Waals surface area contributed by atoms with Crippen LogP contribution in [0.15, 0.2) is 24.4 Å². The Morgan fingerprint density at radius 3 is 2.70 bits per heavy atom. The van der Waals surface area contributed by atoms with Crippen LogP contribution in [0.1, 0.15) is 12.1 Å². The largest absolute Gasteiger partial charge is 0.393 e. The molecule has 0 saturated heterocycles. The number of thiocarbonyl (C=S) groups is 1. The van der Waals surface area contributed by atoms with Gasteiger partial charge in [-0.3, -0.25) is 14.7 Å². The summed E-state index contributed by atoms with van der Waals surface area (Å²) >= 11 is 4.81. The van der Waals surface area contributed by atoms with Gasteiger partial charge in [0.2, 0.25) is 5.91 Å². The zero-order valence-corrected chi connectivity index (χ0v) is 12.9. The third-order valence-electron chi connectivity index (χ3n) is 3.00. The summed E-state index contributed by atoms with van der Waals surface area (Å²) in [6, 6.07) is 5.86. The number of rotatable bonds is 8. The van der Waals surface area contributed by atoms with Gasteiger partial charge >= 0.3 is 0 Å². The minimum Gasteiger partial charge on any atom is -0.393 e. The van der Waals surface area contributed by atoms with Crippen LogP contribution in [-0.4, -0.2) is 59.4 Å². The normalized spacial score (nSPS) is 10.6. The quantitative estimate of drug-likeness (QED) is 0.715. The van der Waals surface area contributed by atoms with Crippen LogP contribution < -0.4 is 5.73 Å². The Hall–Kier alpha value is -1.53. The van der Waals surface area contributed by atoms with Crippen LogP contribution in [0.3, 0.4) is 0 Å². The highest BCUT2D eigenvalue weighted by molar-refractivity contribution is 7.80. The molecule has 0 unspecified atom stereocenters. The number of hydrogen-bond acceptors (Lipinski definition) is 4. The van der Waals surface area contributed by atoms with Crippen molar-refractivity contribution in [3.63, 3.8) is 0 Å². The molecule has 0 aliphatic rings. The smallest absolute Gasteiger partial charge is 0.236 e. The molecule has 110 valence electrons. The molecule has 20 heavy (non-hydrogen) atoms. The molecule has 1 amide bonds. The van der Waals surface area contributed by atoms with Gasteiger partial charge < -0.3 is 10.6 Å². The average molecular weight is 294 g/mol. The molecular formula is C14H22N4OS. The van der Waals surface area contributed by atoms with Gasteiger partial charge in [-0.15, -0.1) is 0 Å². The van der Waals surface area contributed by atoms with Crippen molar-refractivity contribution in [2.24, 2.45) is 5.73 Å². The Labute approximate surface area is 125 Å². The van der Waals surface area contributed by atoms with E-state index in [1.165, 1.54) is 0 Å². The molecule has 1 aromatic heterocycles. The molecule has 0 aromatic carbocycles. The monoisotopic (exact) mass is 294 g/mol. The Morgan fingerprint density at radius 2 is 2.10 bits per heavy atom. The molecule has 1 heterocycles. The van der Waals surface area contributed by atoms with Crippen LogP contribution in [0.5, 0.6) is 0 Å². The first-order valence-electron chi connectivity index (χ1n) is 6.59. The first kappa shape index (κ1) is 16.5. The summed E-state index contributed by atoms with van der Waals surface area (Å²) in [5, 5.41) is 0. The van der Waals surface area contributed by atoms with E-state index in [0.717, 1.165) is 18.7 Å². The molecule has 0 aliphatic carbocycles. The molecule has 0 saturated carbocycles. The maximum atomic E-state index is 12.0. The maximum Gasteiger partial charge on any atom is 0.236 e. The highest BCUT2D eigenvalue weighted by Gasteiger charge is 2.11.